The van der Waals surface area contributed by atoms with Crippen LogP contribution in [0.25, 0.3) is 0 Å². The van der Waals surface area contributed by atoms with Crippen molar-refractivity contribution in [2.75, 3.05) is 11.0 Å². The van der Waals surface area contributed by atoms with Crippen molar-refractivity contribution in [3.05, 3.63) is 16.6 Å². The van der Waals surface area contributed by atoms with Gasteiger partial charge in [0.15, 0.2) is 0 Å². The molecule has 2 nitrogen and oxygen atoms in total. The van der Waals surface area contributed by atoms with E-state index >= 15 is 0 Å². The van der Waals surface area contributed by atoms with Gasteiger partial charge in [-0.1, -0.05) is 22.6 Å². The molecule has 1 aromatic rings. The molecule has 0 atom stereocenters. The molecule has 0 saturated carbocycles. The van der Waals surface area contributed by atoms with E-state index in [1.165, 1.54) is 5.01 Å². The van der Waals surface area contributed by atoms with Gasteiger partial charge in [0.25, 0.3) is 0 Å². The fourth-order valence-corrected chi connectivity index (χ4v) is 1.57. The van der Waals surface area contributed by atoms with Gasteiger partial charge in [-0.2, -0.15) is 0 Å². The third-order valence-electron chi connectivity index (χ3n) is 1.03. The van der Waals surface area contributed by atoms with Crippen LogP contribution in [0.4, 0.5) is 0 Å². The summed E-state index contributed by atoms with van der Waals surface area (Å²) < 4.78 is 1.16. The van der Waals surface area contributed by atoms with Crippen molar-refractivity contribution < 1.29 is 0 Å². The van der Waals surface area contributed by atoms with Gasteiger partial charge in [0, 0.05) is 29.1 Å². The molecule has 0 bridgehead atoms. The highest BCUT2D eigenvalue weighted by Crippen LogP contribution is 2.01. The van der Waals surface area contributed by atoms with Gasteiger partial charge in [0.2, 0.25) is 0 Å². The molecule has 10 heavy (non-hydrogen) atoms. The summed E-state index contributed by atoms with van der Waals surface area (Å²) in [6.45, 7) is 1.99. The molecular formula is C6H9IN2S. The lowest BCUT2D eigenvalue weighted by Gasteiger charge is -1.96. The van der Waals surface area contributed by atoms with E-state index in [0.717, 1.165) is 17.5 Å². The van der Waals surface area contributed by atoms with E-state index in [4.69, 9.17) is 0 Å². The number of alkyl halides is 1. The zero-order chi connectivity index (χ0) is 7.23. The van der Waals surface area contributed by atoms with E-state index in [0.29, 0.717) is 0 Å². The first-order valence-corrected chi connectivity index (χ1v) is 5.49. The molecule has 0 spiro atoms. The molecule has 0 aliphatic heterocycles. The summed E-state index contributed by atoms with van der Waals surface area (Å²) in [6.07, 6.45) is 1.84. The van der Waals surface area contributed by atoms with Crippen molar-refractivity contribution in [3.63, 3.8) is 0 Å². The van der Waals surface area contributed by atoms with Crippen molar-refractivity contribution in [3.8, 4) is 0 Å². The quantitative estimate of drug-likeness (QED) is 0.510. The summed E-state index contributed by atoms with van der Waals surface area (Å²) in [5.41, 5.74) is 0. The Kier molecular flexibility index (Phi) is 4.24. The highest BCUT2D eigenvalue weighted by Gasteiger charge is 1.91. The molecule has 4 heteroatoms. The largest absolute Gasteiger partial charge is 0.310 e. The van der Waals surface area contributed by atoms with Crippen LogP contribution in [-0.2, 0) is 6.54 Å². The van der Waals surface area contributed by atoms with E-state index in [-0.39, 0.29) is 0 Å². The minimum absolute atomic E-state index is 0.917. The van der Waals surface area contributed by atoms with Crippen LogP contribution >= 0.6 is 33.9 Å². The third kappa shape index (κ3) is 2.94. The predicted molar refractivity (Wildman–Crippen MR) is 52.7 cm³/mol. The third-order valence-corrected chi connectivity index (χ3v) is 2.35. The van der Waals surface area contributed by atoms with Crippen LogP contribution in [0, 0.1) is 0 Å². The van der Waals surface area contributed by atoms with Crippen molar-refractivity contribution in [2.24, 2.45) is 0 Å². The number of nitrogens with zero attached hydrogens (tertiary/aromatic N) is 1. The summed E-state index contributed by atoms with van der Waals surface area (Å²) in [7, 11) is 0. The number of aromatic nitrogens is 1. The number of thiazole rings is 1. The average molecular weight is 268 g/mol. The normalized spacial score (nSPS) is 10.1. The van der Waals surface area contributed by atoms with Gasteiger partial charge in [0.1, 0.15) is 5.01 Å². The van der Waals surface area contributed by atoms with Crippen LogP contribution in [0.3, 0.4) is 0 Å². The fraction of sp³-hybridized carbons (Fsp3) is 0.500. The summed E-state index contributed by atoms with van der Waals surface area (Å²) in [5.74, 6) is 0. The van der Waals surface area contributed by atoms with Crippen LogP contribution in [0.1, 0.15) is 5.01 Å². The second-order valence-corrected chi connectivity index (χ2v) is 3.85. The second kappa shape index (κ2) is 5.03. The Morgan fingerprint density at radius 2 is 2.60 bits per heavy atom. The molecule has 1 rings (SSSR count). The van der Waals surface area contributed by atoms with Crippen molar-refractivity contribution in [1.82, 2.24) is 10.3 Å². The van der Waals surface area contributed by atoms with E-state index in [2.05, 4.69) is 32.9 Å². The zero-order valence-electron chi connectivity index (χ0n) is 5.51. The van der Waals surface area contributed by atoms with Crippen LogP contribution in [-0.4, -0.2) is 16.0 Å². The van der Waals surface area contributed by atoms with E-state index < -0.39 is 0 Å². The predicted octanol–water partition coefficient (Wildman–Crippen LogP) is 1.67. The minimum Gasteiger partial charge on any atom is -0.310 e. The molecule has 1 aromatic heterocycles. The molecule has 0 amide bonds. The first-order chi connectivity index (χ1) is 4.93. The lowest BCUT2D eigenvalue weighted by Crippen LogP contribution is -2.15. The number of halogens is 1. The Balaban J connectivity index is 2.15. The molecule has 0 saturated heterocycles. The highest BCUT2D eigenvalue weighted by molar-refractivity contribution is 14.1. The zero-order valence-corrected chi connectivity index (χ0v) is 8.48. The molecular weight excluding hydrogens is 259 g/mol. The Morgan fingerprint density at radius 3 is 3.20 bits per heavy atom. The van der Waals surface area contributed by atoms with E-state index in [1.54, 1.807) is 11.3 Å². The van der Waals surface area contributed by atoms with E-state index in [1.807, 2.05) is 11.6 Å². The van der Waals surface area contributed by atoms with E-state index in [9.17, 15) is 0 Å². The first kappa shape index (κ1) is 8.42. The van der Waals surface area contributed by atoms with Crippen molar-refractivity contribution in [2.45, 2.75) is 6.54 Å². The van der Waals surface area contributed by atoms with Gasteiger partial charge in [-0.25, -0.2) is 4.98 Å². The average Bonchev–Trinajstić information content (AvgIpc) is 2.41. The molecule has 56 valence electrons. The van der Waals surface area contributed by atoms with Gasteiger partial charge in [-0.15, -0.1) is 11.3 Å². The Labute approximate surface area is 78.2 Å². The maximum atomic E-state index is 4.14. The molecule has 1 heterocycles. The Morgan fingerprint density at radius 1 is 1.70 bits per heavy atom. The fourth-order valence-electron chi connectivity index (χ4n) is 0.602. The molecule has 0 aromatic carbocycles. The molecule has 0 aliphatic carbocycles. The first-order valence-electron chi connectivity index (χ1n) is 3.08. The van der Waals surface area contributed by atoms with Gasteiger partial charge in [-0.3, -0.25) is 0 Å². The standard InChI is InChI=1S/C6H9IN2S/c7-1-2-8-5-6-9-3-4-10-6/h3-4,8H,1-2,5H2. The highest BCUT2D eigenvalue weighted by atomic mass is 127. The topological polar surface area (TPSA) is 24.9 Å². The van der Waals surface area contributed by atoms with Gasteiger partial charge < -0.3 is 5.32 Å². The molecule has 1 N–H and O–H groups in total. The Bertz CT molecular complexity index is 164. The maximum Gasteiger partial charge on any atom is 0.106 e. The second-order valence-electron chi connectivity index (χ2n) is 1.79. The minimum atomic E-state index is 0.917. The lowest BCUT2D eigenvalue weighted by molar-refractivity contribution is 0.732. The molecule has 0 unspecified atom stereocenters. The lowest BCUT2D eigenvalue weighted by atomic mass is 10.6. The molecule has 0 aliphatic rings. The summed E-state index contributed by atoms with van der Waals surface area (Å²) in [4.78, 5) is 4.14. The molecule has 0 fully saturated rings. The van der Waals surface area contributed by atoms with Crippen molar-refractivity contribution >= 4 is 33.9 Å². The summed E-state index contributed by atoms with van der Waals surface area (Å²) in [6, 6.07) is 0. The van der Waals surface area contributed by atoms with Gasteiger partial charge >= 0.3 is 0 Å². The Hall–Kier alpha value is 0.320. The number of nitrogens with one attached hydrogen (secondary N) is 1. The smallest absolute Gasteiger partial charge is 0.106 e. The number of hydrogen-bond acceptors (Lipinski definition) is 3. The summed E-state index contributed by atoms with van der Waals surface area (Å²) >= 11 is 4.05. The molecule has 0 radical (unpaired) electrons. The van der Waals surface area contributed by atoms with Crippen LogP contribution in [0.2, 0.25) is 0 Å². The SMILES string of the molecule is ICCNCc1nccs1. The van der Waals surface area contributed by atoms with Gasteiger partial charge in [0.05, 0.1) is 0 Å². The van der Waals surface area contributed by atoms with Crippen LogP contribution < -0.4 is 5.32 Å². The summed E-state index contributed by atoms with van der Waals surface area (Å²) in [5, 5.41) is 6.45. The monoisotopic (exact) mass is 268 g/mol. The maximum absolute atomic E-state index is 4.14. The van der Waals surface area contributed by atoms with Crippen LogP contribution in [0.15, 0.2) is 11.6 Å². The number of hydrogen-bond donors (Lipinski definition) is 1. The van der Waals surface area contributed by atoms with Crippen molar-refractivity contribution in [1.29, 1.82) is 0 Å². The van der Waals surface area contributed by atoms with Crippen LogP contribution in [0.5, 0.6) is 0 Å². The number of rotatable bonds is 4. The van der Waals surface area contributed by atoms with Gasteiger partial charge in [-0.05, 0) is 0 Å².